The van der Waals surface area contributed by atoms with Crippen LogP contribution in [0.4, 0.5) is 0 Å². The van der Waals surface area contributed by atoms with Gasteiger partial charge in [0.05, 0.1) is 0 Å². The fraction of sp³-hybridized carbons (Fsp3) is 0.875. The third-order valence-electron chi connectivity index (χ3n) is 5.24. The van der Waals surface area contributed by atoms with Crippen molar-refractivity contribution in [1.82, 2.24) is 5.16 Å². The fourth-order valence-corrected chi connectivity index (χ4v) is 4.15. The molecular weight excluding hydrogens is 380 g/mol. The average molecular weight is 402 g/mol. The lowest BCUT2D eigenvalue weighted by Crippen LogP contribution is -2.38. The minimum atomic E-state index is -1.21. The van der Waals surface area contributed by atoms with Gasteiger partial charge in [-0.1, -0.05) is 0 Å². The zero-order chi connectivity index (χ0) is 20.0. The van der Waals surface area contributed by atoms with E-state index in [-0.39, 0.29) is 16.3 Å². The smallest absolute Gasteiger partial charge is 0.255 e. The highest BCUT2D eigenvalue weighted by atomic mass is 16.9. The number of fused-ring (bicyclic) bond motifs is 2. The molecule has 2 N–H and O–H groups in total. The summed E-state index contributed by atoms with van der Waals surface area (Å²) < 4.78 is 38.6. The number of hydrogen-bond acceptors (Lipinski definition) is 11. The molecule has 156 valence electrons. The average Bonchev–Trinajstić information content (AvgIpc) is 3.31. The molecule has 12 nitrogen and oxygen atoms in total. The molecule has 1 aromatic heterocycles. The third kappa shape index (κ3) is 2.68. The summed E-state index contributed by atoms with van der Waals surface area (Å²) in [5, 5.41) is 37.3. The first-order valence-corrected chi connectivity index (χ1v) is 9.04. The van der Waals surface area contributed by atoms with Crippen LogP contribution in [0.1, 0.15) is 51.3 Å². The Morgan fingerprint density at radius 2 is 1.36 bits per heavy atom. The van der Waals surface area contributed by atoms with Crippen molar-refractivity contribution in [2.45, 2.75) is 88.5 Å². The zero-order valence-electron chi connectivity index (χ0n) is 15.7. The summed E-state index contributed by atoms with van der Waals surface area (Å²) in [6.07, 6.45) is -7.82. The molecule has 8 atom stereocenters. The van der Waals surface area contributed by atoms with Gasteiger partial charge in [-0.15, -0.1) is 0 Å². The lowest BCUT2D eigenvalue weighted by atomic mass is 10.0. The minimum Gasteiger partial charge on any atom is -0.387 e. The quantitative estimate of drug-likeness (QED) is 0.594. The molecule has 0 saturated carbocycles. The maximum atomic E-state index is 12.2. The standard InChI is InChI=1S/C16H22N2O10/c1-15(2)24-11-7(19)9(22-13(11)26-15)5-6(18(21)28-17-5)10-8(20)12-14(23-10)27-16(3,4)25-12/h7-14,19-20H,1-4H3/t7-,8-,9?,10?,11+,12+,13-,14-/m1/s1. The van der Waals surface area contributed by atoms with Crippen LogP contribution in [0.2, 0.25) is 0 Å². The van der Waals surface area contributed by atoms with E-state index in [0.717, 1.165) is 0 Å². The number of aliphatic hydroxyl groups excluding tert-OH is 2. The Morgan fingerprint density at radius 3 is 1.89 bits per heavy atom. The van der Waals surface area contributed by atoms with Crippen LogP contribution in [0.5, 0.6) is 0 Å². The predicted molar refractivity (Wildman–Crippen MR) is 82.8 cm³/mol. The molecule has 0 bridgehead atoms. The van der Waals surface area contributed by atoms with E-state index in [0.29, 0.717) is 0 Å². The molecule has 5 heterocycles. The van der Waals surface area contributed by atoms with Crippen LogP contribution in [0, 0.1) is 5.21 Å². The summed E-state index contributed by atoms with van der Waals surface area (Å²) in [6.45, 7) is 6.79. The Kier molecular flexibility index (Phi) is 3.88. The van der Waals surface area contributed by atoms with Crippen LogP contribution in [0.25, 0.3) is 0 Å². The Balaban J connectivity index is 1.41. The molecule has 4 saturated heterocycles. The highest BCUT2D eigenvalue weighted by Crippen LogP contribution is 2.47. The molecule has 4 aliphatic rings. The summed E-state index contributed by atoms with van der Waals surface area (Å²) in [4.78, 5) is 0.116. The molecule has 4 fully saturated rings. The molecule has 12 heteroatoms. The summed E-state index contributed by atoms with van der Waals surface area (Å²) in [7, 11) is 0. The van der Waals surface area contributed by atoms with Crippen molar-refractivity contribution < 1.29 is 48.2 Å². The van der Waals surface area contributed by atoms with Crippen molar-refractivity contribution in [1.29, 1.82) is 0 Å². The molecule has 1 aromatic rings. The zero-order valence-corrected chi connectivity index (χ0v) is 15.7. The van der Waals surface area contributed by atoms with Crippen LogP contribution >= 0.6 is 0 Å². The molecular formula is C16H22N2O10. The molecule has 0 radical (unpaired) electrons. The van der Waals surface area contributed by atoms with Crippen LogP contribution in [-0.4, -0.2) is 63.9 Å². The van der Waals surface area contributed by atoms with Gasteiger partial charge in [-0.2, -0.15) is 0 Å². The van der Waals surface area contributed by atoms with Crippen LogP contribution in [-0.2, 0) is 28.4 Å². The second-order valence-corrected chi connectivity index (χ2v) is 8.23. The molecule has 5 rings (SSSR count). The predicted octanol–water partition coefficient (Wildman–Crippen LogP) is -0.872. The first kappa shape index (κ1) is 18.6. The van der Waals surface area contributed by atoms with Crippen molar-refractivity contribution in [3.8, 4) is 0 Å². The van der Waals surface area contributed by atoms with Gasteiger partial charge in [0.25, 0.3) is 5.69 Å². The summed E-state index contributed by atoms with van der Waals surface area (Å²) in [5.41, 5.74) is -0.139. The number of ether oxygens (including phenoxy) is 6. The van der Waals surface area contributed by atoms with E-state index in [2.05, 4.69) is 5.16 Å². The van der Waals surface area contributed by atoms with Gasteiger partial charge in [-0.05, 0) is 32.6 Å². The Bertz CT molecular complexity index is 781. The number of aliphatic hydroxyl groups is 2. The minimum absolute atomic E-state index is 0.00908. The monoisotopic (exact) mass is 402 g/mol. The highest BCUT2D eigenvalue weighted by Gasteiger charge is 2.61. The van der Waals surface area contributed by atoms with Gasteiger partial charge in [0.1, 0.15) is 24.4 Å². The molecule has 0 aromatic carbocycles. The van der Waals surface area contributed by atoms with E-state index < -0.39 is 60.8 Å². The molecule has 0 aliphatic carbocycles. The van der Waals surface area contributed by atoms with Gasteiger partial charge < -0.3 is 43.8 Å². The van der Waals surface area contributed by atoms with Gasteiger partial charge in [-0.25, -0.2) is 0 Å². The van der Waals surface area contributed by atoms with Crippen LogP contribution < -0.4 is 4.90 Å². The van der Waals surface area contributed by atoms with Gasteiger partial charge in [-0.3, -0.25) is 4.63 Å². The van der Waals surface area contributed by atoms with Gasteiger partial charge in [0.2, 0.25) is 5.69 Å². The van der Waals surface area contributed by atoms with E-state index in [1.807, 2.05) is 0 Å². The van der Waals surface area contributed by atoms with E-state index in [1.54, 1.807) is 27.7 Å². The number of aromatic nitrogens is 2. The Morgan fingerprint density at radius 1 is 0.857 bits per heavy atom. The topological polar surface area (TPSA) is 149 Å². The summed E-state index contributed by atoms with van der Waals surface area (Å²) in [5.74, 6) is -1.83. The first-order chi connectivity index (χ1) is 13.1. The third-order valence-corrected chi connectivity index (χ3v) is 5.24. The van der Waals surface area contributed by atoms with Crippen molar-refractivity contribution in [2.75, 3.05) is 0 Å². The van der Waals surface area contributed by atoms with Crippen molar-refractivity contribution in [3.63, 3.8) is 0 Å². The SMILES string of the molecule is CC1(C)O[C@H]2OC(c3no[n+]([O-])c3C3O[C@@H]4OC(C)(C)O[C@H]4[C@@H]3O)[C@@H](O)[C@@H]2O1. The molecule has 0 amide bonds. The largest absolute Gasteiger partial charge is 0.387 e. The molecule has 2 unspecified atom stereocenters. The maximum absolute atomic E-state index is 12.2. The van der Waals surface area contributed by atoms with E-state index in [9.17, 15) is 15.4 Å². The number of nitrogens with zero attached hydrogens (tertiary/aromatic N) is 2. The highest BCUT2D eigenvalue weighted by molar-refractivity contribution is 5.18. The summed E-state index contributed by atoms with van der Waals surface area (Å²) >= 11 is 0. The normalized spacial score (nSPS) is 46.1. The lowest BCUT2D eigenvalue weighted by Gasteiger charge is -2.23. The van der Waals surface area contributed by atoms with Crippen molar-refractivity contribution >= 4 is 0 Å². The van der Waals surface area contributed by atoms with E-state index in [1.165, 1.54) is 0 Å². The van der Waals surface area contributed by atoms with Gasteiger partial charge in [0, 0.05) is 5.16 Å². The maximum Gasteiger partial charge on any atom is 0.255 e. The summed E-state index contributed by atoms with van der Waals surface area (Å²) in [6, 6.07) is 0. The number of hydrogen-bond donors (Lipinski definition) is 2. The second-order valence-electron chi connectivity index (χ2n) is 8.23. The first-order valence-electron chi connectivity index (χ1n) is 9.04. The van der Waals surface area contributed by atoms with Crippen molar-refractivity contribution in [3.05, 3.63) is 16.6 Å². The number of rotatable bonds is 2. The van der Waals surface area contributed by atoms with Crippen LogP contribution in [0.15, 0.2) is 4.63 Å². The molecule has 4 aliphatic heterocycles. The van der Waals surface area contributed by atoms with Crippen LogP contribution in [0.3, 0.4) is 0 Å². The van der Waals surface area contributed by atoms with Gasteiger partial charge in [0.15, 0.2) is 36.4 Å². The Labute approximate surface area is 159 Å². The van der Waals surface area contributed by atoms with E-state index in [4.69, 9.17) is 33.1 Å². The lowest BCUT2D eigenvalue weighted by molar-refractivity contribution is -0.810. The Hall–Kier alpha value is -1.38. The van der Waals surface area contributed by atoms with E-state index >= 15 is 0 Å². The van der Waals surface area contributed by atoms with Gasteiger partial charge >= 0.3 is 0 Å². The fourth-order valence-electron chi connectivity index (χ4n) is 4.15. The molecule has 28 heavy (non-hydrogen) atoms. The molecule has 0 spiro atoms. The van der Waals surface area contributed by atoms with Crippen molar-refractivity contribution in [2.24, 2.45) is 0 Å². The second kappa shape index (κ2) is 5.83.